The number of hydrogen-bond donors (Lipinski definition) is 1. The van der Waals surface area contributed by atoms with Crippen LogP contribution in [0.25, 0.3) is 0 Å². The zero-order chi connectivity index (χ0) is 15.5. The SMILES string of the molecule is CC(=O)Nc1nc(C(=O)N2CCCC2CN2CCCC2)cs1. The maximum atomic E-state index is 12.7. The zero-order valence-corrected chi connectivity index (χ0v) is 13.7. The molecule has 2 amide bonds. The molecule has 0 spiro atoms. The number of hydrogen-bond acceptors (Lipinski definition) is 5. The van der Waals surface area contributed by atoms with Crippen molar-refractivity contribution >= 4 is 28.3 Å². The Balaban J connectivity index is 1.64. The number of nitrogens with one attached hydrogen (secondary N) is 1. The zero-order valence-electron chi connectivity index (χ0n) is 12.9. The largest absolute Gasteiger partial charge is 0.333 e. The highest BCUT2D eigenvalue weighted by Crippen LogP contribution is 2.24. The molecule has 1 N–H and O–H groups in total. The van der Waals surface area contributed by atoms with Crippen LogP contribution in [0, 0.1) is 0 Å². The Morgan fingerprint density at radius 2 is 2.09 bits per heavy atom. The fraction of sp³-hybridized carbons (Fsp3) is 0.667. The minimum atomic E-state index is -0.165. The second kappa shape index (κ2) is 6.75. The van der Waals surface area contributed by atoms with Gasteiger partial charge in [-0.2, -0.15) is 0 Å². The van der Waals surface area contributed by atoms with Crippen LogP contribution in [0.5, 0.6) is 0 Å². The summed E-state index contributed by atoms with van der Waals surface area (Å²) in [5.74, 6) is -0.170. The molecular formula is C15H22N4O2S. The average molecular weight is 322 g/mol. The number of thiazole rings is 1. The van der Waals surface area contributed by atoms with Gasteiger partial charge in [0.15, 0.2) is 5.13 Å². The lowest BCUT2D eigenvalue weighted by atomic mass is 10.2. The predicted molar refractivity (Wildman–Crippen MR) is 86.2 cm³/mol. The summed E-state index contributed by atoms with van der Waals surface area (Å²) in [6, 6.07) is 0.302. The molecule has 7 heteroatoms. The van der Waals surface area contributed by atoms with Crippen molar-refractivity contribution in [2.75, 3.05) is 31.5 Å². The molecule has 0 bridgehead atoms. The van der Waals surface area contributed by atoms with Crippen molar-refractivity contribution in [2.45, 2.75) is 38.6 Å². The van der Waals surface area contributed by atoms with E-state index in [0.717, 1.165) is 39.0 Å². The van der Waals surface area contributed by atoms with E-state index in [1.165, 1.54) is 31.1 Å². The molecular weight excluding hydrogens is 300 g/mol. The smallest absolute Gasteiger partial charge is 0.273 e. The number of carbonyl (C=O) groups is 2. The third kappa shape index (κ3) is 3.47. The Kier molecular flexibility index (Phi) is 4.73. The summed E-state index contributed by atoms with van der Waals surface area (Å²) in [5, 5.41) is 4.86. The summed E-state index contributed by atoms with van der Waals surface area (Å²) in [7, 11) is 0. The minimum absolute atomic E-state index is 0.00505. The number of amides is 2. The molecule has 3 rings (SSSR count). The fourth-order valence-corrected chi connectivity index (χ4v) is 4.01. The Bertz CT molecular complexity index is 553. The number of aromatic nitrogens is 1. The molecule has 2 saturated heterocycles. The van der Waals surface area contributed by atoms with E-state index in [4.69, 9.17) is 0 Å². The van der Waals surface area contributed by atoms with E-state index in [9.17, 15) is 9.59 Å². The van der Waals surface area contributed by atoms with Crippen molar-refractivity contribution in [3.05, 3.63) is 11.1 Å². The van der Waals surface area contributed by atoms with Crippen molar-refractivity contribution < 1.29 is 9.59 Å². The van der Waals surface area contributed by atoms with E-state index in [2.05, 4.69) is 15.2 Å². The molecule has 1 atom stereocenters. The molecule has 1 aromatic heterocycles. The lowest BCUT2D eigenvalue weighted by Crippen LogP contribution is -2.42. The summed E-state index contributed by atoms with van der Waals surface area (Å²) in [6.45, 7) is 5.54. The van der Waals surface area contributed by atoms with E-state index < -0.39 is 0 Å². The first-order valence-corrected chi connectivity index (χ1v) is 8.78. The summed E-state index contributed by atoms with van der Waals surface area (Å²) in [5.41, 5.74) is 0.446. The molecule has 0 aromatic carbocycles. The van der Waals surface area contributed by atoms with Gasteiger partial charge < -0.3 is 15.1 Å². The van der Waals surface area contributed by atoms with Gasteiger partial charge in [0, 0.05) is 31.4 Å². The summed E-state index contributed by atoms with van der Waals surface area (Å²) in [6.07, 6.45) is 4.68. The molecule has 1 unspecified atom stereocenters. The van der Waals surface area contributed by atoms with E-state index in [0.29, 0.717) is 16.9 Å². The van der Waals surface area contributed by atoms with E-state index in [1.54, 1.807) is 5.38 Å². The minimum Gasteiger partial charge on any atom is -0.333 e. The standard InChI is InChI=1S/C15H22N4O2S/c1-11(20)16-15-17-13(10-22-15)14(21)19-8-4-5-12(19)9-18-6-2-3-7-18/h10,12H,2-9H2,1H3,(H,16,17,20). The molecule has 2 aliphatic heterocycles. The van der Waals surface area contributed by atoms with Gasteiger partial charge in [0.25, 0.3) is 5.91 Å². The molecule has 22 heavy (non-hydrogen) atoms. The summed E-state index contributed by atoms with van der Waals surface area (Å²) < 4.78 is 0. The van der Waals surface area contributed by atoms with E-state index >= 15 is 0 Å². The maximum absolute atomic E-state index is 12.7. The Morgan fingerprint density at radius 1 is 1.32 bits per heavy atom. The second-order valence-corrected chi connectivity index (χ2v) is 6.88. The van der Waals surface area contributed by atoms with Gasteiger partial charge in [0.1, 0.15) is 5.69 Å². The van der Waals surface area contributed by atoms with Crippen LogP contribution in [0.1, 0.15) is 43.1 Å². The van der Waals surface area contributed by atoms with Crippen LogP contribution >= 0.6 is 11.3 Å². The molecule has 6 nitrogen and oxygen atoms in total. The van der Waals surface area contributed by atoms with Crippen LogP contribution in [0.4, 0.5) is 5.13 Å². The monoisotopic (exact) mass is 322 g/mol. The summed E-state index contributed by atoms with van der Waals surface area (Å²) >= 11 is 1.30. The number of nitrogens with zero attached hydrogens (tertiary/aromatic N) is 3. The van der Waals surface area contributed by atoms with E-state index in [-0.39, 0.29) is 11.8 Å². The van der Waals surface area contributed by atoms with Crippen molar-refractivity contribution in [1.29, 1.82) is 0 Å². The highest BCUT2D eigenvalue weighted by molar-refractivity contribution is 7.14. The third-order valence-electron chi connectivity index (χ3n) is 4.31. The van der Waals surface area contributed by atoms with Crippen molar-refractivity contribution in [1.82, 2.24) is 14.8 Å². The van der Waals surface area contributed by atoms with Crippen LogP contribution in [-0.2, 0) is 4.79 Å². The Labute approximate surface area is 134 Å². The lowest BCUT2D eigenvalue weighted by Gasteiger charge is -2.28. The normalized spacial score (nSPS) is 22.2. The summed E-state index contributed by atoms with van der Waals surface area (Å²) in [4.78, 5) is 32.4. The lowest BCUT2D eigenvalue weighted by molar-refractivity contribution is -0.114. The molecule has 0 saturated carbocycles. The van der Waals surface area contributed by atoms with Crippen molar-refractivity contribution in [3.8, 4) is 0 Å². The Hall–Kier alpha value is -1.47. The molecule has 3 heterocycles. The third-order valence-corrected chi connectivity index (χ3v) is 5.07. The van der Waals surface area contributed by atoms with Gasteiger partial charge in [-0.1, -0.05) is 0 Å². The first kappa shape index (κ1) is 15.4. The van der Waals surface area contributed by atoms with Crippen molar-refractivity contribution in [2.24, 2.45) is 0 Å². The van der Waals surface area contributed by atoms with Crippen LogP contribution in [-0.4, -0.2) is 58.8 Å². The fourth-order valence-electron chi connectivity index (χ4n) is 3.28. The van der Waals surface area contributed by atoms with Crippen LogP contribution in [0.2, 0.25) is 0 Å². The topological polar surface area (TPSA) is 65.5 Å². The van der Waals surface area contributed by atoms with Gasteiger partial charge in [-0.05, 0) is 38.8 Å². The molecule has 2 aliphatic rings. The average Bonchev–Trinajstić information content (AvgIpc) is 3.19. The van der Waals surface area contributed by atoms with Gasteiger partial charge in [-0.3, -0.25) is 9.59 Å². The van der Waals surface area contributed by atoms with Gasteiger partial charge in [-0.15, -0.1) is 11.3 Å². The number of rotatable bonds is 4. The van der Waals surface area contributed by atoms with Crippen LogP contribution < -0.4 is 5.32 Å². The van der Waals surface area contributed by atoms with Gasteiger partial charge >= 0.3 is 0 Å². The number of carbonyl (C=O) groups excluding carboxylic acids is 2. The molecule has 0 aliphatic carbocycles. The van der Waals surface area contributed by atoms with E-state index in [1.807, 2.05) is 4.90 Å². The molecule has 120 valence electrons. The Morgan fingerprint density at radius 3 is 2.82 bits per heavy atom. The van der Waals surface area contributed by atoms with Crippen LogP contribution in [0.3, 0.4) is 0 Å². The van der Waals surface area contributed by atoms with Crippen LogP contribution in [0.15, 0.2) is 5.38 Å². The molecule has 0 radical (unpaired) electrons. The van der Waals surface area contributed by atoms with Gasteiger partial charge in [-0.25, -0.2) is 4.98 Å². The predicted octanol–water partition coefficient (Wildman–Crippen LogP) is 1.80. The molecule has 1 aromatic rings. The van der Waals surface area contributed by atoms with Gasteiger partial charge in [0.05, 0.1) is 0 Å². The number of anilines is 1. The van der Waals surface area contributed by atoms with Crippen molar-refractivity contribution in [3.63, 3.8) is 0 Å². The maximum Gasteiger partial charge on any atom is 0.273 e. The van der Waals surface area contributed by atoms with Gasteiger partial charge in [0.2, 0.25) is 5.91 Å². The first-order valence-electron chi connectivity index (χ1n) is 7.90. The highest BCUT2D eigenvalue weighted by Gasteiger charge is 2.32. The quantitative estimate of drug-likeness (QED) is 0.918. The number of likely N-dealkylation sites (tertiary alicyclic amines) is 2. The highest BCUT2D eigenvalue weighted by atomic mass is 32.1. The first-order chi connectivity index (χ1) is 10.6. The molecule has 2 fully saturated rings. The second-order valence-electron chi connectivity index (χ2n) is 6.02.